The van der Waals surface area contributed by atoms with Gasteiger partial charge in [0.15, 0.2) is 0 Å². The average molecular weight is 202 g/mol. The first kappa shape index (κ1) is 14.7. The summed E-state index contributed by atoms with van der Waals surface area (Å²) in [6.07, 6.45) is 1.31. The van der Waals surface area contributed by atoms with Crippen molar-refractivity contribution in [1.82, 2.24) is 0 Å². The molecule has 1 rings (SSSR count). The van der Waals surface area contributed by atoms with Gasteiger partial charge in [0.2, 0.25) is 0 Å². The van der Waals surface area contributed by atoms with Crippen LogP contribution in [0.5, 0.6) is 0 Å². The maximum Gasteiger partial charge on any atom is 0.0980 e. The van der Waals surface area contributed by atoms with Gasteiger partial charge < -0.3 is 0 Å². The van der Waals surface area contributed by atoms with E-state index in [1.165, 1.54) is 6.42 Å². The first-order valence-electron chi connectivity index (χ1n) is 6.71. The molecule has 0 amide bonds. The van der Waals surface area contributed by atoms with E-state index < -0.39 is 0 Å². The molecule has 0 nitrogen and oxygen atoms in total. The predicted molar refractivity (Wildman–Crippen MR) is 104 cm³/mol. The van der Waals surface area contributed by atoms with Gasteiger partial charge in [-0.2, -0.15) is 0 Å². The van der Waals surface area contributed by atoms with E-state index in [0.29, 0.717) is 26.1 Å². The molecule has 0 heterocycles. The highest BCUT2D eigenvalue weighted by molar-refractivity contribution is 6.69. The molecule has 0 aromatic carbocycles. The molecule has 1 fully saturated rings. The van der Waals surface area contributed by atoms with Crippen LogP contribution in [0, 0.1) is 0 Å². The molecule has 0 saturated heterocycles. The summed E-state index contributed by atoms with van der Waals surface area (Å²) in [5, 5.41) is 1.86. The van der Waals surface area contributed by atoms with Crippen LogP contribution in [0.15, 0.2) is 0 Å². The lowest BCUT2D eigenvalue weighted by Gasteiger charge is -2.72. The molecule has 16 heavy (non-hydrogen) atoms. The fourth-order valence-electron chi connectivity index (χ4n) is 4.02. The zero-order chi connectivity index (χ0) is 13.2. The van der Waals surface area contributed by atoms with Gasteiger partial charge in [-0.15, -0.1) is 15.6 Å². The van der Waals surface area contributed by atoms with Gasteiger partial charge in [0.1, 0.15) is 0 Å². The second-order valence-electron chi connectivity index (χ2n) is 8.82. The Hall–Kier alpha value is 0.649. The minimum atomic E-state index is 0.339. The molecule has 0 spiro atoms. The summed E-state index contributed by atoms with van der Waals surface area (Å²) in [6.45, 7) is 0. The van der Waals surface area contributed by atoms with Crippen molar-refractivity contribution >= 4 is 78.5 Å². The van der Waals surface area contributed by atoms with E-state index in [9.17, 15) is 0 Å². The van der Waals surface area contributed by atoms with Gasteiger partial charge in [0.25, 0.3) is 0 Å². The third kappa shape index (κ3) is 1.50. The van der Waals surface area contributed by atoms with Crippen molar-refractivity contribution in [2.45, 2.75) is 32.5 Å². The van der Waals surface area contributed by atoms with Gasteiger partial charge in [0, 0.05) is 0 Å². The third-order valence-electron chi connectivity index (χ3n) is 7.39. The molecular weight excluding hydrogens is 180 g/mol. The van der Waals surface area contributed by atoms with Crippen LogP contribution in [0.1, 0.15) is 6.42 Å². The van der Waals surface area contributed by atoms with Crippen molar-refractivity contribution in [3.05, 3.63) is 0 Å². The number of hydrogen-bond acceptors (Lipinski definition) is 0. The second-order valence-corrected chi connectivity index (χ2v) is 8.82. The van der Waals surface area contributed by atoms with Crippen LogP contribution in [-0.2, 0) is 0 Å². The summed E-state index contributed by atoms with van der Waals surface area (Å²) < 4.78 is 0. The van der Waals surface area contributed by atoms with Gasteiger partial charge >= 0.3 is 0 Å². The van der Waals surface area contributed by atoms with Crippen molar-refractivity contribution in [2.24, 2.45) is 0 Å². The maximum absolute atomic E-state index is 2.47. The summed E-state index contributed by atoms with van der Waals surface area (Å²) in [6, 6.07) is 0. The Kier molecular flexibility index (Phi) is 3.08. The minimum Gasteiger partial charge on any atom is -0.102 e. The molecule has 0 radical (unpaired) electrons. The smallest absolute Gasteiger partial charge is 0.0980 e. The molecule has 0 atom stereocenters. The normalized spacial score (nSPS) is 32.8. The van der Waals surface area contributed by atoms with Gasteiger partial charge in [-0.25, -0.2) is 0 Å². The van der Waals surface area contributed by atoms with Crippen molar-refractivity contribution in [1.29, 1.82) is 0 Å². The lowest BCUT2D eigenvalue weighted by Crippen LogP contribution is -2.59. The van der Waals surface area contributed by atoms with E-state index >= 15 is 0 Å². The lowest BCUT2D eigenvalue weighted by molar-refractivity contribution is 0.352. The lowest BCUT2D eigenvalue weighted by atomic mass is 9.02. The highest BCUT2D eigenvalue weighted by atomic mass is 14.5. The Morgan fingerprint density at radius 3 is 0.938 bits per heavy atom. The van der Waals surface area contributed by atoms with Gasteiger partial charge in [-0.05, 0) is 0 Å². The Morgan fingerprint density at radius 1 is 0.438 bits per heavy atom. The first-order valence-corrected chi connectivity index (χ1v) is 6.71. The molecule has 1 aliphatic rings. The maximum atomic E-state index is 2.47. The summed E-state index contributed by atoms with van der Waals surface area (Å²) >= 11 is 0. The van der Waals surface area contributed by atoms with Crippen molar-refractivity contribution < 1.29 is 0 Å². The third-order valence-corrected chi connectivity index (χ3v) is 7.39. The molecule has 1 saturated carbocycles. The van der Waals surface area contributed by atoms with E-state index in [4.69, 9.17) is 0 Å². The topological polar surface area (TPSA) is 0 Å². The van der Waals surface area contributed by atoms with Crippen LogP contribution >= 0.6 is 0 Å². The first-order chi connectivity index (χ1) is 6.71. The van der Waals surface area contributed by atoms with Crippen LogP contribution in [0.4, 0.5) is 0 Å². The van der Waals surface area contributed by atoms with Crippen LogP contribution in [-0.4, -0.2) is 78.5 Å². The Balaban J connectivity index is 3.43. The van der Waals surface area contributed by atoms with E-state index in [1.807, 2.05) is 0 Å². The van der Waals surface area contributed by atoms with Crippen LogP contribution in [0.3, 0.4) is 0 Å². The Morgan fingerprint density at radius 2 is 0.688 bits per heavy atom. The van der Waals surface area contributed by atoms with E-state index in [2.05, 4.69) is 78.5 Å². The molecule has 0 aromatic rings. The highest BCUT2D eigenvalue weighted by Crippen LogP contribution is 2.77. The molecule has 0 bridgehead atoms. The van der Waals surface area contributed by atoms with Gasteiger partial charge in [-0.1, -0.05) is 16.8 Å². The minimum absolute atomic E-state index is 0.339. The predicted octanol–water partition coefficient (Wildman–Crippen LogP) is -7.70. The zero-order valence-electron chi connectivity index (χ0n) is 13.2. The SMILES string of the molecule is BC1(B)CC(B)(B)C(B)(B)C(B)(B)C1(B)B. The Labute approximate surface area is 111 Å². The quantitative estimate of drug-likeness (QED) is 0.342. The number of rotatable bonds is 0. The summed E-state index contributed by atoms with van der Waals surface area (Å²) in [5.74, 6) is 0. The molecule has 76 valence electrons. The zero-order valence-corrected chi connectivity index (χ0v) is 13.2. The number of hydrogen-bond donors (Lipinski definition) is 0. The van der Waals surface area contributed by atoms with Crippen LogP contribution < -0.4 is 0 Å². The van der Waals surface area contributed by atoms with Crippen molar-refractivity contribution in [2.75, 3.05) is 0 Å². The van der Waals surface area contributed by atoms with Crippen LogP contribution in [0.25, 0.3) is 0 Å². The monoisotopic (exact) mass is 204 g/mol. The van der Waals surface area contributed by atoms with Crippen LogP contribution in [0.2, 0.25) is 26.1 Å². The summed E-state index contributed by atoms with van der Waals surface area (Å²) in [4.78, 5) is 0. The van der Waals surface area contributed by atoms with Crippen molar-refractivity contribution in [3.63, 3.8) is 0 Å². The largest absolute Gasteiger partial charge is 0.102 e. The molecule has 0 unspecified atom stereocenters. The fourth-order valence-corrected chi connectivity index (χ4v) is 4.02. The molecule has 10 heteroatoms. The molecule has 0 aromatic heterocycles. The van der Waals surface area contributed by atoms with E-state index in [-0.39, 0.29) is 0 Å². The van der Waals surface area contributed by atoms with E-state index in [1.54, 1.807) is 0 Å². The molecular formula is C6H22B10. The highest BCUT2D eigenvalue weighted by Gasteiger charge is 2.62. The standard InChI is InChI=1S/C6H22B10/c7-2(8)1-3(9,10)5(13,14)6(15,16)4(2,11)12/h1,7-16H2. The second kappa shape index (κ2) is 3.35. The van der Waals surface area contributed by atoms with E-state index in [0.717, 1.165) is 0 Å². The Bertz CT molecular complexity index is 274. The summed E-state index contributed by atoms with van der Waals surface area (Å²) in [5.41, 5.74) is 0. The molecule has 0 N–H and O–H groups in total. The van der Waals surface area contributed by atoms with Gasteiger partial charge in [0.05, 0.1) is 78.5 Å². The fraction of sp³-hybridized carbons (Fsp3) is 1.00. The van der Waals surface area contributed by atoms with Gasteiger partial charge in [-0.3, -0.25) is 0 Å². The molecule has 0 aliphatic heterocycles. The molecule has 1 aliphatic carbocycles. The average Bonchev–Trinajstić information content (AvgIpc) is 1.98. The summed E-state index contributed by atoms with van der Waals surface area (Å²) in [7, 11) is 24.6. The van der Waals surface area contributed by atoms with Crippen molar-refractivity contribution in [3.8, 4) is 0 Å².